The van der Waals surface area contributed by atoms with E-state index in [1.807, 2.05) is 56.3 Å². The van der Waals surface area contributed by atoms with E-state index in [1.54, 1.807) is 0 Å². The summed E-state index contributed by atoms with van der Waals surface area (Å²) in [6.45, 7) is 4.06. The second kappa shape index (κ2) is 13.7. The molecule has 0 atom stereocenters. The lowest BCUT2D eigenvalue weighted by Crippen LogP contribution is -2.10. The predicted octanol–water partition coefficient (Wildman–Crippen LogP) is 12.0. The van der Waals surface area contributed by atoms with E-state index in [1.165, 1.54) is 21.8 Å². The molecule has 256 valence electrons. The van der Waals surface area contributed by atoms with Crippen molar-refractivity contribution >= 4 is 38.9 Å². The fourth-order valence-electron chi connectivity index (χ4n) is 7.17. The number of ether oxygens (including phenoxy) is 1. The molecule has 0 amide bonds. The Balaban J connectivity index is 1.11. The largest absolute Gasteiger partial charge is 0.491 e. The van der Waals surface area contributed by atoms with Crippen molar-refractivity contribution in [2.45, 2.75) is 20.0 Å². The minimum Gasteiger partial charge on any atom is -0.491 e. The average molecular weight is 688 g/mol. The van der Waals surface area contributed by atoms with Crippen molar-refractivity contribution in [1.82, 2.24) is 19.3 Å². The van der Waals surface area contributed by atoms with Crippen LogP contribution in [0.25, 0.3) is 56.0 Å². The van der Waals surface area contributed by atoms with Crippen LogP contribution in [-0.4, -0.2) is 25.4 Å². The molecule has 0 aliphatic heterocycles. The zero-order valence-electron chi connectivity index (χ0n) is 29.5. The van der Waals surface area contributed by atoms with Gasteiger partial charge in [0.05, 0.1) is 17.1 Å². The van der Waals surface area contributed by atoms with E-state index in [9.17, 15) is 0 Å². The topological polar surface area (TPSA) is 48.1 Å². The lowest BCUT2D eigenvalue weighted by atomic mass is 10.1. The number of rotatable bonds is 9. The molecular formula is C47H37N5O. The fraction of sp³-hybridized carbons (Fsp3) is 0.0638. The maximum absolute atomic E-state index is 5.91. The number of hydrogen-bond donors (Lipinski definition) is 0. The van der Waals surface area contributed by atoms with E-state index in [0.717, 1.165) is 57.0 Å². The van der Waals surface area contributed by atoms with Crippen molar-refractivity contribution in [3.63, 3.8) is 0 Å². The van der Waals surface area contributed by atoms with E-state index in [-0.39, 0.29) is 6.10 Å². The Morgan fingerprint density at radius 1 is 0.434 bits per heavy atom. The minimum atomic E-state index is 0.0983. The molecule has 0 fully saturated rings. The molecule has 0 aliphatic carbocycles. The van der Waals surface area contributed by atoms with Gasteiger partial charge in [0.15, 0.2) is 11.6 Å². The number of fused-ring (bicyclic) bond motifs is 3. The van der Waals surface area contributed by atoms with Gasteiger partial charge >= 0.3 is 0 Å². The van der Waals surface area contributed by atoms with Crippen LogP contribution in [0.15, 0.2) is 182 Å². The molecule has 0 bridgehead atoms. The highest BCUT2D eigenvalue weighted by Crippen LogP contribution is 2.38. The molecule has 6 heteroatoms. The lowest BCUT2D eigenvalue weighted by molar-refractivity contribution is 0.242. The first-order chi connectivity index (χ1) is 26.1. The van der Waals surface area contributed by atoms with Crippen molar-refractivity contribution in [1.29, 1.82) is 0 Å². The first-order valence-corrected chi connectivity index (χ1v) is 17.9. The van der Waals surface area contributed by atoms with Crippen molar-refractivity contribution in [2.75, 3.05) is 4.90 Å². The molecule has 53 heavy (non-hydrogen) atoms. The van der Waals surface area contributed by atoms with Gasteiger partial charge in [-0.25, -0.2) is 0 Å². The van der Waals surface area contributed by atoms with Crippen molar-refractivity contribution < 1.29 is 4.74 Å². The predicted molar refractivity (Wildman–Crippen MR) is 217 cm³/mol. The number of nitrogens with zero attached hydrogens (tertiary/aromatic N) is 5. The molecule has 9 rings (SSSR count). The molecule has 0 aliphatic rings. The number of aromatic nitrogens is 4. The van der Waals surface area contributed by atoms with E-state index < -0.39 is 0 Å². The van der Waals surface area contributed by atoms with E-state index in [2.05, 4.69) is 154 Å². The second-order valence-electron chi connectivity index (χ2n) is 13.3. The Bertz CT molecular complexity index is 2590. The van der Waals surface area contributed by atoms with Crippen LogP contribution >= 0.6 is 0 Å². The van der Waals surface area contributed by atoms with Gasteiger partial charge in [0, 0.05) is 50.3 Å². The first-order valence-electron chi connectivity index (χ1n) is 17.9. The van der Waals surface area contributed by atoms with Crippen LogP contribution in [0, 0.1) is 0 Å². The maximum atomic E-state index is 5.91. The summed E-state index contributed by atoms with van der Waals surface area (Å²) < 4.78 is 10.4. The van der Waals surface area contributed by atoms with Gasteiger partial charge in [-0.3, -0.25) is 4.57 Å². The van der Waals surface area contributed by atoms with Crippen LogP contribution < -0.4 is 9.64 Å². The standard InChI is InChI=1S/C47H37N5O/c1-33(2)53-41-31-21-35(22-32-41)47-49-48-46(34-13-5-3-6-14-34)52(47)40-29-25-38(26-30-40)50(36-15-7-4-8-16-36)37-23-27-39(28-24-37)51-44-19-11-9-17-42(44)43-18-10-12-20-45(43)51/h3-33H,1-2H3. The van der Waals surface area contributed by atoms with Gasteiger partial charge in [-0.2, -0.15) is 0 Å². The van der Waals surface area contributed by atoms with Crippen LogP contribution in [0.5, 0.6) is 5.75 Å². The summed E-state index contributed by atoms with van der Waals surface area (Å²) in [6.07, 6.45) is 0.0983. The maximum Gasteiger partial charge on any atom is 0.168 e. The Kier molecular flexibility index (Phi) is 8.25. The SMILES string of the molecule is CC(C)Oc1ccc(-c2nnc(-c3ccccc3)n2-c2ccc(N(c3ccccc3)c3ccc(-n4c5ccccc5c5ccccc54)cc3)cc2)cc1. The molecule has 0 N–H and O–H groups in total. The fourth-order valence-corrected chi connectivity index (χ4v) is 7.17. The second-order valence-corrected chi connectivity index (χ2v) is 13.3. The van der Waals surface area contributed by atoms with E-state index in [0.29, 0.717) is 0 Å². The summed E-state index contributed by atoms with van der Waals surface area (Å²) in [6, 6.07) is 63.5. The first kappa shape index (κ1) is 32.0. The summed E-state index contributed by atoms with van der Waals surface area (Å²) in [5.74, 6) is 2.36. The number of para-hydroxylation sites is 3. The van der Waals surface area contributed by atoms with Crippen molar-refractivity contribution in [2.24, 2.45) is 0 Å². The molecule has 0 saturated carbocycles. The average Bonchev–Trinajstić information content (AvgIpc) is 3.80. The van der Waals surface area contributed by atoms with Gasteiger partial charge in [0.2, 0.25) is 0 Å². The Labute approximate surface area is 308 Å². The van der Waals surface area contributed by atoms with E-state index >= 15 is 0 Å². The third kappa shape index (κ3) is 6.00. The van der Waals surface area contributed by atoms with Crippen LogP contribution in [0.2, 0.25) is 0 Å². The molecule has 0 spiro atoms. The van der Waals surface area contributed by atoms with Gasteiger partial charge in [0.1, 0.15) is 5.75 Å². The van der Waals surface area contributed by atoms with Gasteiger partial charge in [0.25, 0.3) is 0 Å². The number of benzene rings is 7. The van der Waals surface area contributed by atoms with Gasteiger partial charge in [-0.1, -0.05) is 84.9 Å². The molecule has 9 aromatic rings. The summed E-state index contributed by atoms with van der Waals surface area (Å²) in [4.78, 5) is 2.29. The quantitative estimate of drug-likeness (QED) is 0.152. The third-order valence-corrected chi connectivity index (χ3v) is 9.51. The molecule has 0 saturated heterocycles. The molecule has 7 aromatic carbocycles. The van der Waals surface area contributed by atoms with Crippen molar-refractivity contribution in [3.05, 3.63) is 182 Å². The Morgan fingerprint density at radius 2 is 0.868 bits per heavy atom. The minimum absolute atomic E-state index is 0.0983. The normalized spacial score (nSPS) is 11.4. The molecule has 0 radical (unpaired) electrons. The van der Waals surface area contributed by atoms with Crippen LogP contribution in [0.1, 0.15) is 13.8 Å². The highest BCUT2D eigenvalue weighted by Gasteiger charge is 2.19. The number of hydrogen-bond acceptors (Lipinski definition) is 4. The zero-order valence-corrected chi connectivity index (χ0v) is 29.5. The smallest absolute Gasteiger partial charge is 0.168 e. The van der Waals surface area contributed by atoms with Crippen LogP contribution in [0.3, 0.4) is 0 Å². The van der Waals surface area contributed by atoms with Crippen LogP contribution in [0.4, 0.5) is 17.1 Å². The Morgan fingerprint density at radius 3 is 1.40 bits per heavy atom. The molecular weight excluding hydrogens is 651 g/mol. The Hall–Kier alpha value is -6.92. The van der Waals surface area contributed by atoms with Gasteiger partial charge < -0.3 is 14.2 Å². The molecule has 2 heterocycles. The summed E-state index contributed by atoms with van der Waals surface area (Å²) in [5, 5.41) is 11.9. The number of anilines is 3. The summed E-state index contributed by atoms with van der Waals surface area (Å²) >= 11 is 0. The molecule has 6 nitrogen and oxygen atoms in total. The summed E-state index contributed by atoms with van der Waals surface area (Å²) in [7, 11) is 0. The van der Waals surface area contributed by atoms with Gasteiger partial charge in [-0.15, -0.1) is 10.2 Å². The summed E-state index contributed by atoms with van der Waals surface area (Å²) in [5.41, 5.74) is 9.58. The van der Waals surface area contributed by atoms with Gasteiger partial charge in [-0.05, 0) is 111 Å². The van der Waals surface area contributed by atoms with Crippen LogP contribution in [-0.2, 0) is 0 Å². The zero-order chi connectivity index (χ0) is 35.7. The monoisotopic (exact) mass is 687 g/mol. The highest BCUT2D eigenvalue weighted by atomic mass is 16.5. The third-order valence-electron chi connectivity index (χ3n) is 9.51. The highest BCUT2D eigenvalue weighted by molar-refractivity contribution is 6.09. The molecule has 2 aromatic heterocycles. The molecule has 0 unspecified atom stereocenters. The lowest BCUT2D eigenvalue weighted by Gasteiger charge is -2.26. The van der Waals surface area contributed by atoms with Crippen molar-refractivity contribution in [3.8, 4) is 39.9 Å². The van der Waals surface area contributed by atoms with E-state index in [4.69, 9.17) is 14.9 Å².